The van der Waals surface area contributed by atoms with Crippen molar-refractivity contribution in [2.75, 3.05) is 0 Å². The molecule has 3 heteroatoms. The zero-order chi connectivity index (χ0) is 15.9. The second-order valence-electron chi connectivity index (χ2n) is 5.69. The highest BCUT2D eigenvalue weighted by molar-refractivity contribution is 5.19. The highest BCUT2D eigenvalue weighted by Crippen LogP contribution is 2.17. The van der Waals surface area contributed by atoms with Crippen LogP contribution in [-0.4, -0.2) is 4.90 Å². The molecule has 118 valence electrons. The minimum absolute atomic E-state index is 0.510. The maximum absolute atomic E-state index is 5.80. The predicted octanol–water partition coefficient (Wildman–Crippen LogP) is 3.94. The Morgan fingerprint density at radius 2 is 1.30 bits per heavy atom. The molecule has 1 heterocycles. The third kappa shape index (κ3) is 4.31. The third-order valence-corrected chi connectivity index (χ3v) is 3.92. The first-order chi connectivity index (χ1) is 11.3. The van der Waals surface area contributed by atoms with E-state index in [1.54, 1.807) is 6.26 Å². The van der Waals surface area contributed by atoms with Crippen molar-refractivity contribution in [1.82, 2.24) is 4.90 Å². The molecule has 0 bridgehead atoms. The Balaban J connectivity index is 1.78. The molecule has 1 aromatic heterocycles. The fourth-order valence-electron chi connectivity index (χ4n) is 2.74. The van der Waals surface area contributed by atoms with Crippen molar-refractivity contribution in [2.24, 2.45) is 5.73 Å². The number of nitrogens with zero attached hydrogens (tertiary/aromatic N) is 1. The van der Waals surface area contributed by atoms with Gasteiger partial charge in [-0.2, -0.15) is 0 Å². The van der Waals surface area contributed by atoms with Gasteiger partial charge in [0.1, 0.15) is 5.76 Å². The number of furan rings is 1. The molecular formula is C20H22N2O. The summed E-state index contributed by atoms with van der Waals surface area (Å²) in [6.07, 6.45) is 1.72. The van der Waals surface area contributed by atoms with Gasteiger partial charge in [-0.15, -0.1) is 0 Å². The van der Waals surface area contributed by atoms with Crippen molar-refractivity contribution < 1.29 is 4.42 Å². The molecule has 0 saturated carbocycles. The summed E-state index contributed by atoms with van der Waals surface area (Å²) >= 11 is 0. The van der Waals surface area contributed by atoms with E-state index in [1.807, 2.05) is 18.2 Å². The number of benzene rings is 2. The molecule has 0 aliphatic rings. The fourth-order valence-corrected chi connectivity index (χ4v) is 2.74. The maximum atomic E-state index is 5.80. The van der Waals surface area contributed by atoms with Gasteiger partial charge in [0.15, 0.2) is 0 Å². The molecule has 23 heavy (non-hydrogen) atoms. The normalized spacial score (nSPS) is 11.0. The molecular weight excluding hydrogens is 284 g/mol. The number of nitrogens with two attached hydrogens (primary N) is 1. The molecule has 0 aliphatic carbocycles. The zero-order valence-corrected chi connectivity index (χ0v) is 13.2. The van der Waals surface area contributed by atoms with Crippen molar-refractivity contribution in [2.45, 2.75) is 26.2 Å². The molecule has 3 rings (SSSR count). The smallest absolute Gasteiger partial charge is 0.122 e. The Morgan fingerprint density at radius 3 is 1.83 bits per heavy atom. The van der Waals surface area contributed by atoms with Gasteiger partial charge in [-0.3, -0.25) is 4.90 Å². The maximum Gasteiger partial charge on any atom is 0.122 e. The van der Waals surface area contributed by atoms with Crippen LogP contribution >= 0.6 is 0 Å². The molecule has 0 amide bonds. The molecule has 2 N–H and O–H groups in total. The summed E-state index contributed by atoms with van der Waals surface area (Å²) in [4.78, 5) is 2.38. The monoisotopic (exact) mass is 306 g/mol. The van der Waals surface area contributed by atoms with Gasteiger partial charge in [-0.1, -0.05) is 60.7 Å². The average molecular weight is 306 g/mol. The standard InChI is InChI=1S/C20H22N2O/c21-13-19-11-12-23-20(19)16-22(14-17-7-3-1-4-8-17)15-18-9-5-2-6-10-18/h1-12H,13-16,21H2. The molecule has 0 unspecified atom stereocenters. The lowest BCUT2D eigenvalue weighted by molar-refractivity contribution is 0.226. The van der Waals surface area contributed by atoms with E-state index in [0.29, 0.717) is 6.54 Å². The van der Waals surface area contributed by atoms with E-state index >= 15 is 0 Å². The Kier molecular flexibility index (Phi) is 5.25. The van der Waals surface area contributed by atoms with E-state index in [4.69, 9.17) is 10.2 Å². The van der Waals surface area contributed by atoms with Crippen LogP contribution in [0.15, 0.2) is 77.4 Å². The van der Waals surface area contributed by atoms with Crippen molar-refractivity contribution in [1.29, 1.82) is 0 Å². The van der Waals surface area contributed by atoms with Gasteiger partial charge in [0.25, 0.3) is 0 Å². The minimum Gasteiger partial charge on any atom is -0.468 e. The molecule has 0 saturated heterocycles. The highest BCUT2D eigenvalue weighted by Gasteiger charge is 2.13. The summed E-state index contributed by atoms with van der Waals surface area (Å²) in [5, 5.41) is 0. The van der Waals surface area contributed by atoms with Crippen LogP contribution in [0.2, 0.25) is 0 Å². The number of hydrogen-bond acceptors (Lipinski definition) is 3. The molecule has 0 radical (unpaired) electrons. The first kappa shape index (κ1) is 15.5. The summed E-state index contributed by atoms with van der Waals surface area (Å²) in [6, 6.07) is 23.0. The third-order valence-electron chi connectivity index (χ3n) is 3.92. The van der Waals surface area contributed by atoms with Gasteiger partial charge in [0.2, 0.25) is 0 Å². The van der Waals surface area contributed by atoms with E-state index in [0.717, 1.165) is 31.0 Å². The highest BCUT2D eigenvalue weighted by atomic mass is 16.3. The van der Waals surface area contributed by atoms with Gasteiger partial charge in [0, 0.05) is 25.2 Å². The largest absolute Gasteiger partial charge is 0.468 e. The van der Waals surface area contributed by atoms with Gasteiger partial charge < -0.3 is 10.2 Å². The Bertz CT molecular complexity index is 665. The van der Waals surface area contributed by atoms with Crippen molar-refractivity contribution >= 4 is 0 Å². The van der Waals surface area contributed by atoms with E-state index in [1.165, 1.54) is 11.1 Å². The molecule has 3 nitrogen and oxygen atoms in total. The first-order valence-electron chi connectivity index (χ1n) is 7.90. The summed E-state index contributed by atoms with van der Waals surface area (Å²) in [5.41, 5.74) is 9.47. The predicted molar refractivity (Wildman–Crippen MR) is 92.4 cm³/mol. The Morgan fingerprint density at radius 1 is 0.739 bits per heavy atom. The molecule has 3 aromatic rings. The molecule has 2 aromatic carbocycles. The van der Waals surface area contributed by atoms with Crippen LogP contribution in [0.4, 0.5) is 0 Å². The quantitative estimate of drug-likeness (QED) is 0.719. The van der Waals surface area contributed by atoms with E-state index in [9.17, 15) is 0 Å². The van der Waals surface area contributed by atoms with Crippen LogP contribution in [0.25, 0.3) is 0 Å². The second kappa shape index (κ2) is 7.77. The van der Waals surface area contributed by atoms with Gasteiger partial charge in [-0.25, -0.2) is 0 Å². The Labute approximate surface area is 137 Å². The topological polar surface area (TPSA) is 42.4 Å². The lowest BCUT2D eigenvalue weighted by atomic mass is 10.1. The van der Waals surface area contributed by atoms with Crippen LogP contribution in [0.3, 0.4) is 0 Å². The molecule has 0 fully saturated rings. The zero-order valence-electron chi connectivity index (χ0n) is 13.2. The van der Waals surface area contributed by atoms with Gasteiger partial charge in [-0.05, 0) is 17.2 Å². The lowest BCUT2D eigenvalue weighted by Gasteiger charge is -2.22. The van der Waals surface area contributed by atoms with Gasteiger partial charge in [0.05, 0.1) is 12.8 Å². The van der Waals surface area contributed by atoms with Crippen LogP contribution in [0, 0.1) is 0 Å². The van der Waals surface area contributed by atoms with Gasteiger partial charge >= 0.3 is 0 Å². The number of hydrogen-bond donors (Lipinski definition) is 1. The average Bonchev–Trinajstić information content (AvgIpc) is 3.04. The number of rotatable bonds is 7. The fraction of sp³-hybridized carbons (Fsp3) is 0.200. The SMILES string of the molecule is NCc1ccoc1CN(Cc1ccccc1)Cc1ccccc1. The molecule has 0 spiro atoms. The van der Waals surface area contributed by atoms with E-state index < -0.39 is 0 Å². The van der Waals surface area contributed by atoms with Crippen LogP contribution in [-0.2, 0) is 26.2 Å². The lowest BCUT2D eigenvalue weighted by Crippen LogP contribution is -2.23. The van der Waals surface area contributed by atoms with Crippen molar-refractivity contribution in [3.63, 3.8) is 0 Å². The van der Waals surface area contributed by atoms with Crippen molar-refractivity contribution in [3.05, 3.63) is 95.4 Å². The van der Waals surface area contributed by atoms with E-state index in [2.05, 4.69) is 53.4 Å². The molecule has 0 aliphatic heterocycles. The summed E-state index contributed by atoms with van der Waals surface area (Å²) in [6.45, 7) is 3.01. The first-order valence-corrected chi connectivity index (χ1v) is 7.90. The van der Waals surface area contributed by atoms with Crippen LogP contribution < -0.4 is 5.73 Å². The van der Waals surface area contributed by atoms with Crippen LogP contribution in [0.1, 0.15) is 22.5 Å². The van der Waals surface area contributed by atoms with E-state index in [-0.39, 0.29) is 0 Å². The summed E-state index contributed by atoms with van der Waals surface area (Å²) < 4.78 is 5.64. The second-order valence-corrected chi connectivity index (χ2v) is 5.69. The minimum atomic E-state index is 0.510. The van der Waals surface area contributed by atoms with Crippen molar-refractivity contribution in [3.8, 4) is 0 Å². The Hall–Kier alpha value is -2.36. The summed E-state index contributed by atoms with van der Waals surface area (Å²) in [7, 11) is 0. The van der Waals surface area contributed by atoms with Crippen LogP contribution in [0.5, 0.6) is 0 Å². The molecule has 0 atom stereocenters. The summed E-state index contributed by atoms with van der Waals surface area (Å²) in [5.74, 6) is 0.958.